The fraction of sp³-hybridized carbons (Fsp3) is 0.133. The van der Waals surface area contributed by atoms with Gasteiger partial charge in [-0.3, -0.25) is 4.79 Å². The van der Waals surface area contributed by atoms with Crippen LogP contribution in [0.15, 0.2) is 48.5 Å². The largest absolute Gasteiger partial charge is 0.367 e. The second-order valence-corrected chi connectivity index (χ2v) is 4.21. The van der Waals surface area contributed by atoms with E-state index in [2.05, 4.69) is 0 Å². The van der Waals surface area contributed by atoms with E-state index in [0.29, 0.717) is 0 Å². The second-order valence-electron chi connectivity index (χ2n) is 4.21. The Hall–Kier alpha value is -2.23. The summed E-state index contributed by atoms with van der Waals surface area (Å²) < 4.78 is 26.9. The van der Waals surface area contributed by atoms with Crippen molar-refractivity contribution < 1.29 is 13.6 Å². The van der Waals surface area contributed by atoms with E-state index in [1.165, 1.54) is 6.07 Å². The van der Waals surface area contributed by atoms with Crippen molar-refractivity contribution in [2.45, 2.75) is 0 Å². The van der Waals surface area contributed by atoms with Crippen molar-refractivity contribution >= 4 is 11.5 Å². The van der Waals surface area contributed by atoms with E-state index in [9.17, 15) is 13.6 Å². The quantitative estimate of drug-likeness (QED) is 0.787. The van der Waals surface area contributed by atoms with Gasteiger partial charge in [-0.25, -0.2) is 8.78 Å². The van der Waals surface area contributed by atoms with Gasteiger partial charge in [-0.1, -0.05) is 24.3 Å². The highest BCUT2D eigenvalue weighted by atomic mass is 19.1. The molecule has 0 bridgehead atoms. The Labute approximate surface area is 110 Å². The molecule has 2 aromatic rings. The molecule has 2 rings (SSSR count). The molecule has 0 atom stereocenters. The Balaban J connectivity index is 2.18. The predicted molar refractivity (Wildman–Crippen MR) is 70.4 cm³/mol. The van der Waals surface area contributed by atoms with Crippen molar-refractivity contribution in [3.05, 3.63) is 65.7 Å². The molecule has 0 N–H and O–H groups in total. The predicted octanol–water partition coefficient (Wildman–Crippen LogP) is 3.28. The maximum atomic E-state index is 13.5. The molecule has 2 nitrogen and oxygen atoms in total. The smallest absolute Gasteiger partial charge is 0.187 e. The molecule has 0 heterocycles. The van der Waals surface area contributed by atoms with Crippen molar-refractivity contribution in [2.24, 2.45) is 0 Å². The zero-order valence-electron chi connectivity index (χ0n) is 10.4. The number of benzene rings is 2. The minimum absolute atomic E-state index is 0.0815. The fourth-order valence-electron chi connectivity index (χ4n) is 1.83. The van der Waals surface area contributed by atoms with Gasteiger partial charge in [0.2, 0.25) is 0 Å². The monoisotopic (exact) mass is 261 g/mol. The molecule has 0 aliphatic heterocycles. The average molecular weight is 261 g/mol. The molecule has 0 spiro atoms. The SMILES string of the molecule is CN(CC(=O)c1c(F)cccc1F)c1ccccc1. The van der Waals surface area contributed by atoms with Crippen LogP contribution in [0.25, 0.3) is 0 Å². The van der Waals surface area contributed by atoms with Gasteiger partial charge in [0.1, 0.15) is 11.6 Å². The summed E-state index contributed by atoms with van der Waals surface area (Å²) in [5.41, 5.74) is 0.331. The molecule has 0 aliphatic carbocycles. The number of ketones is 1. The first-order chi connectivity index (χ1) is 9.09. The standard InChI is InChI=1S/C15H13F2NO/c1-18(11-6-3-2-4-7-11)10-14(19)15-12(16)8-5-9-13(15)17/h2-9H,10H2,1H3. The molecular formula is C15H13F2NO. The molecule has 2 aromatic carbocycles. The summed E-state index contributed by atoms with van der Waals surface area (Å²) in [4.78, 5) is 13.6. The van der Waals surface area contributed by atoms with Crippen LogP contribution in [0.2, 0.25) is 0 Å². The zero-order valence-corrected chi connectivity index (χ0v) is 10.4. The van der Waals surface area contributed by atoms with Crippen molar-refractivity contribution in [1.82, 2.24) is 0 Å². The van der Waals surface area contributed by atoms with Crippen LogP contribution in [0.5, 0.6) is 0 Å². The summed E-state index contributed by atoms with van der Waals surface area (Å²) in [6, 6.07) is 12.6. The van der Waals surface area contributed by atoms with Crippen LogP contribution in [0.1, 0.15) is 10.4 Å². The van der Waals surface area contributed by atoms with Gasteiger partial charge in [-0.2, -0.15) is 0 Å². The zero-order chi connectivity index (χ0) is 13.8. The number of anilines is 1. The molecule has 0 aliphatic rings. The number of carbonyl (C=O) groups is 1. The molecule has 0 radical (unpaired) electrons. The lowest BCUT2D eigenvalue weighted by atomic mass is 10.1. The number of para-hydroxylation sites is 1. The number of nitrogens with zero attached hydrogens (tertiary/aromatic N) is 1. The van der Waals surface area contributed by atoms with Crippen LogP contribution in [-0.2, 0) is 0 Å². The van der Waals surface area contributed by atoms with E-state index in [-0.39, 0.29) is 6.54 Å². The molecule has 4 heteroatoms. The highest BCUT2D eigenvalue weighted by molar-refractivity contribution is 5.99. The van der Waals surface area contributed by atoms with Gasteiger partial charge in [-0.05, 0) is 24.3 Å². The molecule has 0 aromatic heterocycles. The molecule has 19 heavy (non-hydrogen) atoms. The highest BCUT2D eigenvalue weighted by Crippen LogP contribution is 2.16. The Bertz CT molecular complexity index is 564. The van der Waals surface area contributed by atoms with Crippen molar-refractivity contribution in [3.63, 3.8) is 0 Å². The average Bonchev–Trinajstić information content (AvgIpc) is 2.39. The van der Waals surface area contributed by atoms with Gasteiger partial charge in [0.05, 0.1) is 12.1 Å². The third-order valence-corrected chi connectivity index (χ3v) is 2.82. The van der Waals surface area contributed by atoms with Gasteiger partial charge < -0.3 is 4.90 Å². The summed E-state index contributed by atoms with van der Waals surface area (Å²) >= 11 is 0. The molecule has 0 saturated carbocycles. The first-order valence-corrected chi connectivity index (χ1v) is 5.83. The summed E-state index contributed by atoms with van der Waals surface area (Å²) in [7, 11) is 1.70. The first-order valence-electron chi connectivity index (χ1n) is 5.83. The van der Waals surface area contributed by atoms with Crippen LogP contribution < -0.4 is 4.90 Å². The summed E-state index contributed by atoms with van der Waals surface area (Å²) in [5, 5.41) is 0. The molecule has 0 unspecified atom stereocenters. The van der Waals surface area contributed by atoms with E-state index >= 15 is 0 Å². The number of Topliss-reactive ketones (excluding diaryl/α,β-unsaturated/α-hetero) is 1. The van der Waals surface area contributed by atoms with Gasteiger partial charge in [0.25, 0.3) is 0 Å². The van der Waals surface area contributed by atoms with E-state index in [1.807, 2.05) is 30.3 Å². The first kappa shape index (κ1) is 13.2. The van der Waals surface area contributed by atoms with Gasteiger partial charge in [0.15, 0.2) is 5.78 Å². The summed E-state index contributed by atoms with van der Waals surface area (Å²) in [6.07, 6.45) is 0. The number of likely N-dealkylation sites (N-methyl/N-ethyl adjacent to an activating group) is 1. The minimum atomic E-state index is -0.827. The van der Waals surface area contributed by atoms with Crippen molar-refractivity contribution in [1.29, 1.82) is 0 Å². The number of halogens is 2. The summed E-state index contributed by atoms with van der Waals surface area (Å²) in [5.74, 6) is -2.24. The number of hydrogen-bond donors (Lipinski definition) is 0. The number of hydrogen-bond acceptors (Lipinski definition) is 2. The Morgan fingerprint density at radius 3 is 2.16 bits per heavy atom. The Morgan fingerprint density at radius 2 is 1.58 bits per heavy atom. The van der Waals surface area contributed by atoms with Crippen LogP contribution in [-0.4, -0.2) is 19.4 Å². The van der Waals surface area contributed by atoms with Crippen molar-refractivity contribution in [2.75, 3.05) is 18.5 Å². The van der Waals surface area contributed by atoms with E-state index in [4.69, 9.17) is 0 Å². The lowest BCUT2D eigenvalue weighted by Crippen LogP contribution is -2.26. The fourth-order valence-corrected chi connectivity index (χ4v) is 1.83. The lowest BCUT2D eigenvalue weighted by Gasteiger charge is -2.18. The minimum Gasteiger partial charge on any atom is -0.367 e. The van der Waals surface area contributed by atoms with E-state index < -0.39 is 23.0 Å². The van der Waals surface area contributed by atoms with Crippen LogP contribution in [0.4, 0.5) is 14.5 Å². The molecule has 98 valence electrons. The number of carbonyl (C=O) groups excluding carboxylic acids is 1. The van der Waals surface area contributed by atoms with E-state index in [0.717, 1.165) is 17.8 Å². The van der Waals surface area contributed by atoms with Crippen LogP contribution >= 0.6 is 0 Å². The molecule has 0 saturated heterocycles. The molecule has 0 amide bonds. The second kappa shape index (κ2) is 5.61. The van der Waals surface area contributed by atoms with Gasteiger partial charge >= 0.3 is 0 Å². The maximum Gasteiger partial charge on any atom is 0.187 e. The summed E-state index contributed by atoms with van der Waals surface area (Å²) in [6.45, 7) is -0.0815. The van der Waals surface area contributed by atoms with Crippen LogP contribution in [0.3, 0.4) is 0 Å². The van der Waals surface area contributed by atoms with Gasteiger partial charge in [0, 0.05) is 12.7 Å². The molecule has 0 fully saturated rings. The van der Waals surface area contributed by atoms with Crippen molar-refractivity contribution in [3.8, 4) is 0 Å². The van der Waals surface area contributed by atoms with E-state index in [1.54, 1.807) is 11.9 Å². The normalized spacial score (nSPS) is 10.3. The third kappa shape index (κ3) is 2.96. The van der Waals surface area contributed by atoms with Crippen LogP contribution in [0, 0.1) is 11.6 Å². The lowest BCUT2D eigenvalue weighted by molar-refractivity contribution is 0.0992. The van der Waals surface area contributed by atoms with Gasteiger partial charge in [-0.15, -0.1) is 0 Å². The number of rotatable bonds is 4. The topological polar surface area (TPSA) is 20.3 Å². The molecular weight excluding hydrogens is 248 g/mol. The maximum absolute atomic E-state index is 13.5. The highest BCUT2D eigenvalue weighted by Gasteiger charge is 2.18. The Morgan fingerprint density at radius 1 is 1.00 bits per heavy atom. The third-order valence-electron chi connectivity index (χ3n) is 2.82. The Kier molecular flexibility index (Phi) is 3.90.